The standard InChI is InChI=1S/C22H26ClN3O2/c23-20-6-3-18(4-7-20)11-15-26-16-19(5-8-21(26)27)22(28)25-12-1-2-17-9-13-24-14-10-17/h3-4,6-7,9-10,13-14,19H,1-2,5,8,11-12,15-16H2,(H,25,28). The van der Waals surface area contributed by atoms with Crippen LogP contribution in [-0.4, -0.2) is 41.3 Å². The second-order valence-corrected chi connectivity index (χ2v) is 7.64. The number of aryl methyl sites for hydroxylation is 1. The number of nitrogens with zero attached hydrogens (tertiary/aromatic N) is 2. The maximum atomic E-state index is 12.5. The van der Waals surface area contributed by atoms with Gasteiger partial charge in [-0.2, -0.15) is 0 Å². The molecule has 1 aromatic heterocycles. The van der Waals surface area contributed by atoms with Crippen LogP contribution in [0.3, 0.4) is 0 Å². The van der Waals surface area contributed by atoms with Gasteiger partial charge in [0.2, 0.25) is 11.8 Å². The summed E-state index contributed by atoms with van der Waals surface area (Å²) in [5.41, 5.74) is 2.36. The minimum Gasteiger partial charge on any atom is -0.356 e. The van der Waals surface area contributed by atoms with Gasteiger partial charge in [-0.3, -0.25) is 14.6 Å². The largest absolute Gasteiger partial charge is 0.356 e. The Hall–Kier alpha value is -2.40. The SMILES string of the molecule is O=C(NCCCc1ccncc1)C1CCC(=O)N(CCc2ccc(Cl)cc2)C1. The number of rotatable bonds is 8. The molecule has 3 rings (SSSR count). The lowest BCUT2D eigenvalue weighted by Gasteiger charge is -2.32. The first kappa shape index (κ1) is 20.3. The molecule has 2 amide bonds. The van der Waals surface area contributed by atoms with Gasteiger partial charge in [0.15, 0.2) is 0 Å². The number of benzene rings is 1. The smallest absolute Gasteiger partial charge is 0.224 e. The molecular weight excluding hydrogens is 374 g/mol. The van der Waals surface area contributed by atoms with Crippen molar-refractivity contribution in [3.05, 3.63) is 64.9 Å². The molecule has 2 aromatic rings. The molecule has 1 aromatic carbocycles. The van der Waals surface area contributed by atoms with Crippen molar-refractivity contribution in [1.82, 2.24) is 15.2 Å². The number of nitrogens with one attached hydrogen (secondary N) is 1. The average Bonchev–Trinajstić information content (AvgIpc) is 2.72. The Labute approximate surface area is 171 Å². The van der Waals surface area contributed by atoms with Crippen molar-refractivity contribution < 1.29 is 9.59 Å². The third-order valence-corrected chi connectivity index (χ3v) is 5.40. The highest BCUT2D eigenvalue weighted by Gasteiger charge is 2.29. The molecule has 1 saturated heterocycles. The molecule has 0 aliphatic carbocycles. The highest BCUT2D eigenvalue weighted by molar-refractivity contribution is 6.30. The lowest BCUT2D eigenvalue weighted by atomic mass is 9.96. The number of carbonyl (C=O) groups excluding carboxylic acids is 2. The zero-order valence-electron chi connectivity index (χ0n) is 15.9. The summed E-state index contributed by atoms with van der Waals surface area (Å²) in [6.07, 6.45) is 7.21. The minimum atomic E-state index is -0.121. The zero-order chi connectivity index (χ0) is 19.8. The third-order valence-electron chi connectivity index (χ3n) is 5.15. The van der Waals surface area contributed by atoms with Crippen LogP contribution in [0.5, 0.6) is 0 Å². The van der Waals surface area contributed by atoms with Gasteiger partial charge < -0.3 is 10.2 Å². The molecule has 6 heteroatoms. The number of hydrogen-bond acceptors (Lipinski definition) is 3. The van der Waals surface area contributed by atoms with Crippen molar-refractivity contribution in [2.75, 3.05) is 19.6 Å². The summed E-state index contributed by atoms with van der Waals surface area (Å²) in [6, 6.07) is 11.7. The fourth-order valence-corrected chi connectivity index (χ4v) is 3.58. The van der Waals surface area contributed by atoms with Crippen molar-refractivity contribution >= 4 is 23.4 Å². The van der Waals surface area contributed by atoms with Gasteiger partial charge in [-0.05, 0) is 61.1 Å². The van der Waals surface area contributed by atoms with E-state index in [1.807, 2.05) is 41.3 Å². The Balaban J connectivity index is 1.41. The number of hydrogen-bond donors (Lipinski definition) is 1. The van der Waals surface area contributed by atoms with Gasteiger partial charge in [0.05, 0.1) is 5.92 Å². The van der Waals surface area contributed by atoms with Crippen LogP contribution in [0.2, 0.25) is 5.02 Å². The number of amides is 2. The summed E-state index contributed by atoms with van der Waals surface area (Å²) in [4.78, 5) is 30.5. The van der Waals surface area contributed by atoms with Crippen molar-refractivity contribution in [2.24, 2.45) is 5.92 Å². The van der Waals surface area contributed by atoms with E-state index in [2.05, 4.69) is 10.3 Å². The molecule has 0 bridgehead atoms. The Morgan fingerprint density at radius 3 is 2.57 bits per heavy atom. The fraction of sp³-hybridized carbons (Fsp3) is 0.409. The minimum absolute atomic E-state index is 0.0544. The molecule has 5 nitrogen and oxygen atoms in total. The van der Waals surface area contributed by atoms with E-state index in [1.54, 1.807) is 12.4 Å². The number of halogens is 1. The van der Waals surface area contributed by atoms with E-state index in [0.717, 1.165) is 24.8 Å². The summed E-state index contributed by atoms with van der Waals surface area (Å²) >= 11 is 5.91. The first-order valence-electron chi connectivity index (χ1n) is 9.80. The molecule has 1 N–H and O–H groups in total. The van der Waals surface area contributed by atoms with E-state index in [0.29, 0.717) is 37.5 Å². The number of aromatic nitrogens is 1. The first-order valence-corrected chi connectivity index (χ1v) is 10.2. The van der Waals surface area contributed by atoms with Crippen LogP contribution in [0.1, 0.15) is 30.4 Å². The number of piperidine rings is 1. The highest BCUT2D eigenvalue weighted by Crippen LogP contribution is 2.19. The van der Waals surface area contributed by atoms with E-state index in [9.17, 15) is 9.59 Å². The number of likely N-dealkylation sites (tertiary alicyclic amines) is 1. The van der Waals surface area contributed by atoms with Crippen LogP contribution >= 0.6 is 11.6 Å². The number of pyridine rings is 1. The van der Waals surface area contributed by atoms with Gasteiger partial charge in [-0.25, -0.2) is 0 Å². The second kappa shape index (κ2) is 10.2. The Morgan fingerprint density at radius 1 is 1.11 bits per heavy atom. The van der Waals surface area contributed by atoms with Crippen LogP contribution in [0, 0.1) is 5.92 Å². The van der Waals surface area contributed by atoms with Gasteiger partial charge in [0.1, 0.15) is 0 Å². The van der Waals surface area contributed by atoms with E-state index < -0.39 is 0 Å². The van der Waals surface area contributed by atoms with E-state index >= 15 is 0 Å². The monoisotopic (exact) mass is 399 g/mol. The van der Waals surface area contributed by atoms with Crippen molar-refractivity contribution in [3.63, 3.8) is 0 Å². The zero-order valence-corrected chi connectivity index (χ0v) is 16.7. The van der Waals surface area contributed by atoms with Gasteiger partial charge in [0, 0.05) is 43.5 Å². The Bertz CT molecular complexity index is 780. The molecule has 0 radical (unpaired) electrons. The summed E-state index contributed by atoms with van der Waals surface area (Å²) < 4.78 is 0. The van der Waals surface area contributed by atoms with Crippen molar-refractivity contribution in [3.8, 4) is 0 Å². The van der Waals surface area contributed by atoms with Gasteiger partial charge in [-0.15, -0.1) is 0 Å². The quantitative estimate of drug-likeness (QED) is 0.693. The van der Waals surface area contributed by atoms with Gasteiger partial charge in [-0.1, -0.05) is 23.7 Å². The summed E-state index contributed by atoms with van der Waals surface area (Å²) in [7, 11) is 0. The van der Waals surface area contributed by atoms with Gasteiger partial charge >= 0.3 is 0 Å². The van der Waals surface area contributed by atoms with Gasteiger partial charge in [0.25, 0.3) is 0 Å². The van der Waals surface area contributed by atoms with E-state index in [-0.39, 0.29) is 17.7 Å². The topological polar surface area (TPSA) is 62.3 Å². The molecule has 1 unspecified atom stereocenters. The Kier molecular flexibility index (Phi) is 7.43. The molecule has 1 aliphatic heterocycles. The van der Waals surface area contributed by atoms with Crippen molar-refractivity contribution in [1.29, 1.82) is 0 Å². The predicted molar refractivity (Wildman–Crippen MR) is 110 cm³/mol. The Morgan fingerprint density at radius 2 is 1.82 bits per heavy atom. The van der Waals surface area contributed by atoms with Crippen LogP contribution < -0.4 is 5.32 Å². The molecule has 0 saturated carbocycles. The predicted octanol–water partition coefficient (Wildman–Crippen LogP) is 3.27. The molecule has 1 atom stereocenters. The molecule has 28 heavy (non-hydrogen) atoms. The van der Waals surface area contributed by atoms with E-state index in [4.69, 9.17) is 11.6 Å². The number of carbonyl (C=O) groups is 2. The van der Waals surface area contributed by atoms with Crippen molar-refractivity contribution in [2.45, 2.75) is 32.1 Å². The molecule has 2 heterocycles. The lowest BCUT2D eigenvalue weighted by molar-refractivity contribution is -0.138. The molecule has 148 valence electrons. The fourth-order valence-electron chi connectivity index (χ4n) is 3.46. The summed E-state index contributed by atoms with van der Waals surface area (Å²) in [6.45, 7) is 1.78. The molecular formula is C22H26ClN3O2. The normalized spacial score (nSPS) is 16.8. The molecule has 1 fully saturated rings. The first-order chi connectivity index (χ1) is 13.6. The molecule has 1 aliphatic rings. The average molecular weight is 400 g/mol. The summed E-state index contributed by atoms with van der Waals surface area (Å²) in [5, 5.41) is 3.74. The maximum Gasteiger partial charge on any atom is 0.224 e. The molecule has 0 spiro atoms. The van der Waals surface area contributed by atoms with Crippen LogP contribution in [0.15, 0.2) is 48.8 Å². The highest BCUT2D eigenvalue weighted by atomic mass is 35.5. The van der Waals surface area contributed by atoms with Crippen LogP contribution in [0.25, 0.3) is 0 Å². The third kappa shape index (κ3) is 6.06. The maximum absolute atomic E-state index is 12.5. The van der Waals surface area contributed by atoms with E-state index in [1.165, 1.54) is 5.56 Å². The second-order valence-electron chi connectivity index (χ2n) is 7.20. The van der Waals surface area contributed by atoms with Crippen LogP contribution in [0.4, 0.5) is 0 Å². The van der Waals surface area contributed by atoms with Crippen LogP contribution in [-0.2, 0) is 22.4 Å². The lowest BCUT2D eigenvalue weighted by Crippen LogP contribution is -2.46. The summed E-state index contributed by atoms with van der Waals surface area (Å²) in [5.74, 6) is 0.0678.